The van der Waals surface area contributed by atoms with Gasteiger partial charge in [-0.15, -0.1) is 0 Å². The lowest BCUT2D eigenvalue weighted by Gasteiger charge is -2.31. The molecule has 2 fully saturated rings. The molecule has 0 heterocycles. The van der Waals surface area contributed by atoms with E-state index in [1.807, 2.05) is 12.1 Å². The zero-order valence-electron chi connectivity index (χ0n) is 12.9. The molecule has 130 valence electrons. The van der Waals surface area contributed by atoms with Gasteiger partial charge in [-0.2, -0.15) is 11.8 Å². The van der Waals surface area contributed by atoms with E-state index in [2.05, 4.69) is 0 Å². The third kappa shape index (κ3) is 2.28. The Morgan fingerprint density at radius 3 is 2.46 bits per heavy atom. The minimum absolute atomic E-state index is 0.150. The molecule has 0 aliphatic heterocycles. The van der Waals surface area contributed by atoms with Gasteiger partial charge in [0.1, 0.15) is 11.3 Å². The van der Waals surface area contributed by atoms with Crippen LogP contribution in [-0.4, -0.2) is 45.7 Å². The van der Waals surface area contributed by atoms with Gasteiger partial charge in [0.15, 0.2) is 0 Å². The molecule has 1 aromatic rings. The summed E-state index contributed by atoms with van der Waals surface area (Å²) in [6, 6.07) is 7.31. The molecule has 0 radical (unpaired) electrons. The second-order valence-electron chi connectivity index (χ2n) is 6.28. The van der Waals surface area contributed by atoms with E-state index < -0.39 is 40.2 Å². The summed E-state index contributed by atoms with van der Waals surface area (Å²) in [5.41, 5.74) is 2.59. The Hall–Kier alpha value is -1.80. The molecule has 0 unspecified atom stereocenters. The number of nitrogens with two attached hydrogens (primary N) is 1. The van der Waals surface area contributed by atoms with Gasteiger partial charge in [0.05, 0.1) is 7.11 Å². The minimum atomic E-state index is -2.51. The number of benzene rings is 1. The highest BCUT2D eigenvalue weighted by Gasteiger charge is 2.84. The Labute approximate surface area is 142 Å². The molecule has 0 aromatic heterocycles. The van der Waals surface area contributed by atoms with Crippen LogP contribution in [0.2, 0.25) is 0 Å². The molecule has 2 aliphatic carbocycles. The number of aliphatic carboxylic acids is 2. The molecular formula is C16H18FNO5S. The first-order chi connectivity index (χ1) is 11.3. The maximum absolute atomic E-state index is 14.4. The standard InChI is InChI=1S/C16H18FNO5S/c1-23-9-4-2-8(3-5-9)7-24-11-6-10-12(15(10,17)13(19)20)16(11,18)14(21)22/h2-5,10-12H,6-7,18H2,1H3,(H,19,20)(H,21,22)/t10-,11-,12+,15-,16+/m1/s1. The van der Waals surface area contributed by atoms with Gasteiger partial charge >= 0.3 is 11.9 Å². The molecule has 0 bridgehead atoms. The first-order valence-corrected chi connectivity index (χ1v) is 8.50. The van der Waals surface area contributed by atoms with Crippen LogP contribution >= 0.6 is 11.8 Å². The zero-order valence-corrected chi connectivity index (χ0v) is 13.8. The van der Waals surface area contributed by atoms with Crippen LogP contribution in [0.1, 0.15) is 12.0 Å². The summed E-state index contributed by atoms with van der Waals surface area (Å²) in [5.74, 6) is -3.74. The Morgan fingerprint density at radius 1 is 1.33 bits per heavy atom. The van der Waals surface area contributed by atoms with E-state index in [1.165, 1.54) is 11.8 Å². The van der Waals surface area contributed by atoms with Crippen molar-refractivity contribution in [3.63, 3.8) is 0 Å². The molecule has 6 nitrogen and oxygen atoms in total. The Kier molecular flexibility index (Phi) is 4.00. The number of carboxylic acid groups (broad SMARTS) is 2. The van der Waals surface area contributed by atoms with Gasteiger partial charge in [0.2, 0.25) is 5.67 Å². The molecule has 2 aliphatic rings. The highest BCUT2D eigenvalue weighted by atomic mass is 32.2. The van der Waals surface area contributed by atoms with Crippen LogP contribution in [0.25, 0.3) is 0 Å². The molecule has 24 heavy (non-hydrogen) atoms. The average Bonchev–Trinajstić information content (AvgIpc) is 3.03. The minimum Gasteiger partial charge on any atom is -0.497 e. The van der Waals surface area contributed by atoms with Crippen LogP contribution in [0.3, 0.4) is 0 Å². The Bertz CT molecular complexity index is 684. The summed E-state index contributed by atoms with van der Waals surface area (Å²) >= 11 is 1.33. The summed E-state index contributed by atoms with van der Waals surface area (Å²) in [5, 5.41) is 18.0. The first-order valence-electron chi connectivity index (χ1n) is 7.45. The average molecular weight is 355 g/mol. The zero-order chi connectivity index (χ0) is 17.7. The fraction of sp³-hybridized carbons (Fsp3) is 0.500. The predicted octanol–water partition coefficient (Wildman–Crippen LogP) is 1.52. The Morgan fingerprint density at radius 2 is 1.96 bits per heavy atom. The summed E-state index contributed by atoms with van der Waals surface area (Å²) in [4.78, 5) is 22.8. The number of rotatable bonds is 6. The summed E-state index contributed by atoms with van der Waals surface area (Å²) in [6.07, 6.45) is 0.150. The normalized spacial score (nSPS) is 36.9. The number of halogens is 1. The number of carbonyl (C=O) groups is 2. The molecule has 3 rings (SSSR count). The van der Waals surface area contributed by atoms with Crippen LogP contribution < -0.4 is 10.5 Å². The van der Waals surface area contributed by atoms with Crippen molar-refractivity contribution in [1.82, 2.24) is 0 Å². The van der Waals surface area contributed by atoms with E-state index in [4.69, 9.17) is 15.6 Å². The highest BCUT2D eigenvalue weighted by molar-refractivity contribution is 7.99. The van der Waals surface area contributed by atoms with Gasteiger partial charge in [-0.05, 0) is 24.1 Å². The van der Waals surface area contributed by atoms with Crippen molar-refractivity contribution in [3.8, 4) is 5.75 Å². The molecule has 1 aromatic carbocycles. The third-order valence-electron chi connectivity index (χ3n) is 5.11. The number of fused-ring (bicyclic) bond motifs is 1. The van der Waals surface area contributed by atoms with Crippen molar-refractivity contribution in [2.24, 2.45) is 17.6 Å². The third-order valence-corrected chi connectivity index (χ3v) is 6.59. The number of hydrogen-bond acceptors (Lipinski definition) is 5. The smallest absolute Gasteiger partial charge is 0.342 e. The van der Waals surface area contributed by atoms with Crippen molar-refractivity contribution < 1.29 is 28.9 Å². The molecule has 0 saturated heterocycles. The molecule has 5 atom stereocenters. The largest absolute Gasteiger partial charge is 0.497 e. The fourth-order valence-electron chi connectivity index (χ4n) is 3.73. The van der Waals surface area contributed by atoms with Crippen molar-refractivity contribution in [2.45, 2.75) is 28.6 Å². The first kappa shape index (κ1) is 17.0. The van der Waals surface area contributed by atoms with Crippen molar-refractivity contribution in [1.29, 1.82) is 0 Å². The van der Waals surface area contributed by atoms with Crippen LogP contribution in [0.4, 0.5) is 4.39 Å². The van der Waals surface area contributed by atoms with E-state index in [9.17, 15) is 19.1 Å². The Balaban J connectivity index is 1.73. The van der Waals surface area contributed by atoms with Gasteiger partial charge in [0.25, 0.3) is 0 Å². The van der Waals surface area contributed by atoms with E-state index >= 15 is 0 Å². The van der Waals surface area contributed by atoms with E-state index in [0.717, 1.165) is 5.56 Å². The maximum atomic E-state index is 14.4. The highest BCUT2D eigenvalue weighted by Crippen LogP contribution is 2.68. The lowest BCUT2D eigenvalue weighted by atomic mass is 9.90. The molecule has 4 N–H and O–H groups in total. The van der Waals surface area contributed by atoms with Crippen LogP contribution in [0.15, 0.2) is 24.3 Å². The summed E-state index contributed by atoms with van der Waals surface area (Å²) < 4.78 is 19.5. The van der Waals surface area contributed by atoms with Gasteiger partial charge < -0.3 is 20.7 Å². The summed E-state index contributed by atoms with van der Waals surface area (Å²) in [6.45, 7) is 0. The predicted molar refractivity (Wildman–Crippen MR) is 85.7 cm³/mol. The molecule has 2 saturated carbocycles. The van der Waals surface area contributed by atoms with Gasteiger partial charge in [-0.25, -0.2) is 9.18 Å². The van der Waals surface area contributed by atoms with Crippen LogP contribution in [0, 0.1) is 11.8 Å². The number of carboxylic acids is 2. The fourth-order valence-corrected chi connectivity index (χ4v) is 5.18. The number of ether oxygens (including phenoxy) is 1. The second-order valence-corrected chi connectivity index (χ2v) is 7.47. The van der Waals surface area contributed by atoms with Gasteiger partial charge in [0, 0.05) is 22.8 Å². The summed E-state index contributed by atoms with van der Waals surface area (Å²) in [7, 11) is 1.57. The topological polar surface area (TPSA) is 110 Å². The van der Waals surface area contributed by atoms with Gasteiger partial charge in [-0.1, -0.05) is 12.1 Å². The van der Waals surface area contributed by atoms with E-state index in [-0.39, 0.29) is 6.42 Å². The molecule has 0 amide bonds. The van der Waals surface area contributed by atoms with Gasteiger partial charge in [-0.3, -0.25) is 4.79 Å². The second kappa shape index (κ2) is 5.63. The number of methoxy groups -OCH3 is 1. The van der Waals surface area contributed by atoms with E-state index in [0.29, 0.717) is 11.5 Å². The van der Waals surface area contributed by atoms with E-state index in [1.54, 1.807) is 19.2 Å². The maximum Gasteiger partial charge on any atom is 0.342 e. The van der Waals surface area contributed by atoms with Crippen LogP contribution in [-0.2, 0) is 15.3 Å². The number of alkyl halides is 1. The quantitative estimate of drug-likeness (QED) is 0.710. The lowest BCUT2D eigenvalue weighted by Crippen LogP contribution is -2.58. The molecular weight excluding hydrogens is 337 g/mol. The van der Waals surface area contributed by atoms with Crippen LogP contribution in [0.5, 0.6) is 5.75 Å². The molecule has 8 heteroatoms. The van der Waals surface area contributed by atoms with Crippen molar-refractivity contribution >= 4 is 23.7 Å². The van der Waals surface area contributed by atoms with Crippen molar-refractivity contribution in [2.75, 3.05) is 7.11 Å². The SMILES string of the molecule is COc1ccc(CS[C@@H]2C[C@@H]3[C@H]([C@]2(N)C(=O)O)[C@@]3(F)C(=O)O)cc1. The molecule has 0 spiro atoms. The monoisotopic (exact) mass is 355 g/mol. The lowest BCUT2D eigenvalue weighted by molar-refractivity contribution is -0.149. The number of thioether (sulfide) groups is 1. The van der Waals surface area contributed by atoms with Crippen molar-refractivity contribution in [3.05, 3.63) is 29.8 Å². The number of hydrogen-bond donors (Lipinski definition) is 3.